The van der Waals surface area contributed by atoms with E-state index in [0.717, 1.165) is 12.4 Å². The first-order chi connectivity index (χ1) is 8.03. The van der Waals surface area contributed by atoms with Crippen LogP contribution in [0.5, 0.6) is 5.88 Å². The Morgan fingerprint density at radius 3 is 2.76 bits per heavy atom. The maximum atomic E-state index is 5.78. The first-order valence-electron chi connectivity index (χ1n) is 6.39. The number of hydrogen-bond acceptors (Lipinski definition) is 3. The molecule has 1 aromatic heterocycles. The molecule has 0 amide bonds. The highest BCUT2D eigenvalue weighted by Gasteiger charge is 2.19. The molecular formula is C14H22N2O. The van der Waals surface area contributed by atoms with Crippen LogP contribution in [0.2, 0.25) is 0 Å². The molecule has 0 atom stereocenters. The minimum Gasteiger partial charge on any atom is -0.474 e. The molecule has 0 unspecified atom stereocenters. The van der Waals surface area contributed by atoms with Crippen LogP contribution >= 0.6 is 0 Å². The van der Waals surface area contributed by atoms with Gasteiger partial charge in [0.05, 0.1) is 0 Å². The molecular weight excluding hydrogens is 212 g/mol. The summed E-state index contributed by atoms with van der Waals surface area (Å²) in [4.78, 5) is 4.26. The van der Waals surface area contributed by atoms with E-state index in [2.05, 4.69) is 31.1 Å². The van der Waals surface area contributed by atoms with E-state index in [1.165, 1.54) is 24.8 Å². The maximum Gasteiger partial charge on any atom is 0.213 e. The molecule has 94 valence electrons. The predicted molar refractivity (Wildman–Crippen MR) is 69.1 cm³/mol. The average Bonchev–Trinajstić information content (AvgIpc) is 2.20. The van der Waals surface area contributed by atoms with Gasteiger partial charge in [-0.2, -0.15) is 0 Å². The van der Waals surface area contributed by atoms with Crippen LogP contribution in [-0.4, -0.2) is 16.6 Å². The van der Waals surface area contributed by atoms with Gasteiger partial charge in [-0.3, -0.25) is 0 Å². The second-order valence-corrected chi connectivity index (χ2v) is 5.78. The summed E-state index contributed by atoms with van der Waals surface area (Å²) < 4.78 is 5.78. The van der Waals surface area contributed by atoms with Gasteiger partial charge < -0.3 is 10.1 Å². The van der Waals surface area contributed by atoms with Crippen molar-refractivity contribution in [2.45, 2.75) is 58.2 Å². The van der Waals surface area contributed by atoms with Gasteiger partial charge in [-0.1, -0.05) is 0 Å². The van der Waals surface area contributed by atoms with E-state index >= 15 is 0 Å². The summed E-state index contributed by atoms with van der Waals surface area (Å²) >= 11 is 0. The molecule has 1 aromatic rings. The molecule has 1 fully saturated rings. The van der Waals surface area contributed by atoms with Crippen molar-refractivity contribution < 1.29 is 4.74 Å². The normalized spacial score (nSPS) is 16.6. The van der Waals surface area contributed by atoms with Crippen molar-refractivity contribution in [2.24, 2.45) is 0 Å². The van der Waals surface area contributed by atoms with E-state index in [4.69, 9.17) is 4.74 Å². The van der Waals surface area contributed by atoms with E-state index in [1.807, 2.05) is 18.3 Å². The Bertz CT molecular complexity index is 367. The molecule has 1 saturated carbocycles. The molecule has 1 heterocycles. The maximum absolute atomic E-state index is 5.78. The average molecular weight is 234 g/mol. The first-order valence-corrected chi connectivity index (χ1v) is 6.39. The highest BCUT2D eigenvalue weighted by atomic mass is 16.5. The molecule has 1 N–H and O–H groups in total. The molecule has 1 aliphatic carbocycles. The zero-order chi connectivity index (χ0) is 12.3. The van der Waals surface area contributed by atoms with Crippen molar-refractivity contribution in [3.05, 3.63) is 23.9 Å². The lowest BCUT2D eigenvalue weighted by Crippen LogP contribution is -2.35. The number of ether oxygens (including phenoxy) is 1. The minimum absolute atomic E-state index is 0.137. The third kappa shape index (κ3) is 4.00. The summed E-state index contributed by atoms with van der Waals surface area (Å²) in [7, 11) is 0. The lowest BCUT2D eigenvalue weighted by Gasteiger charge is -2.26. The van der Waals surface area contributed by atoms with Gasteiger partial charge in [-0.05, 0) is 51.7 Å². The highest BCUT2D eigenvalue weighted by molar-refractivity contribution is 5.20. The SMILES string of the molecule is CC(C)(C)NCc1ccnc(OC2CCC2)c1. The molecule has 0 radical (unpaired) electrons. The monoisotopic (exact) mass is 234 g/mol. The van der Waals surface area contributed by atoms with Crippen LogP contribution in [0.25, 0.3) is 0 Å². The lowest BCUT2D eigenvalue weighted by molar-refractivity contribution is 0.114. The summed E-state index contributed by atoms with van der Waals surface area (Å²) in [6.07, 6.45) is 5.86. The zero-order valence-corrected chi connectivity index (χ0v) is 11.0. The molecule has 1 aliphatic rings. The Kier molecular flexibility index (Phi) is 3.67. The summed E-state index contributed by atoms with van der Waals surface area (Å²) in [6, 6.07) is 4.07. The van der Waals surface area contributed by atoms with Gasteiger partial charge in [-0.25, -0.2) is 4.98 Å². The molecule has 3 nitrogen and oxygen atoms in total. The molecule has 0 aliphatic heterocycles. The smallest absolute Gasteiger partial charge is 0.213 e. The van der Waals surface area contributed by atoms with E-state index in [-0.39, 0.29) is 5.54 Å². The van der Waals surface area contributed by atoms with Gasteiger partial charge in [0.25, 0.3) is 0 Å². The van der Waals surface area contributed by atoms with E-state index in [0.29, 0.717) is 6.10 Å². The van der Waals surface area contributed by atoms with Crippen LogP contribution in [0, 0.1) is 0 Å². The van der Waals surface area contributed by atoms with Gasteiger partial charge in [-0.15, -0.1) is 0 Å². The Hall–Kier alpha value is -1.09. The van der Waals surface area contributed by atoms with Gasteiger partial charge in [0, 0.05) is 24.3 Å². The van der Waals surface area contributed by atoms with Gasteiger partial charge in [0.2, 0.25) is 5.88 Å². The third-order valence-electron chi connectivity index (χ3n) is 2.96. The van der Waals surface area contributed by atoms with Crippen LogP contribution in [0.4, 0.5) is 0 Å². The van der Waals surface area contributed by atoms with E-state index in [1.54, 1.807) is 0 Å². The number of nitrogens with one attached hydrogen (secondary N) is 1. The highest BCUT2D eigenvalue weighted by Crippen LogP contribution is 2.24. The first kappa shape index (κ1) is 12.4. The van der Waals surface area contributed by atoms with Crippen molar-refractivity contribution in [2.75, 3.05) is 0 Å². The number of rotatable bonds is 4. The number of nitrogens with zero attached hydrogens (tertiary/aromatic N) is 1. The van der Waals surface area contributed by atoms with E-state index in [9.17, 15) is 0 Å². The van der Waals surface area contributed by atoms with Crippen LogP contribution in [0.1, 0.15) is 45.6 Å². The summed E-state index contributed by atoms with van der Waals surface area (Å²) in [5, 5.41) is 3.46. The Labute approximate surface area is 104 Å². The second kappa shape index (κ2) is 5.05. The fraction of sp³-hybridized carbons (Fsp3) is 0.643. The third-order valence-corrected chi connectivity index (χ3v) is 2.96. The van der Waals surface area contributed by atoms with Crippen molar-refractivity contribution in [3.8, 4) is 5.88 Å². The molecule has 0 bridgehead atoms. The zero-order valence-electron chi connectivity index (χ0n) is 11.0. The fourth-order valence-electron chi connectivity index (χ4n) is 1.65. The van der Waals surface area contributed by atoms with Crippen LogP contribution < -0.4 is 10.1 Å². The lowest BCUT2D eigenvalue weighted by atomic mass is 9.96. The summed E-state index contributed by atoms with van der Waals surface area (Å²) in [5.74, 6) is 0.767. The summed E-state index contributed by atoms with van der Waals surface area (Å²) in [5.41, 5.74) is 1.36. The van der Waals surface area contributed by atoms with E-state index < -0.39 is 0 Å². The van der Waals surface area contributed by atoms with Gasteiger partial charge in [0.1, 0.15) is 6.10 Å². The molecule has 0 saturated heterocycles. The van der Waals surface area contributed by atoms with Crippen LogP contribution in [-0.2, 0) is 6.54 Å². The van der Waals surface area contributed by atoms with Crippen LogP contribution in [0.3, 0.4) is 0 Å². The largest absolute Gasteiger partial charge is 0.474 e. The minimum atomic E-state index is 0.137. The second-order valence-electron chi connectivity index (χ2n) is 5.78. The number of pyridine rings is 1. The summed E-state index contributed by atoms with van der Waals surface area (Å²) in [6.45, 7) is 7.35. The Morgan fingerprint density at radius 2 is 2.18 bits per heavy atom. The fourth-order valence-corrected chi connectivity index (χ4v) is 1.65. The Morgan fingerprint density at radius 1 is 1.41 bits per heavy atom. The quantitative estimate of drug-likeness (QED) is 0.869. The standard InChI is InChI=1S/C14H22N2O/c1-14(2,3)16-10-11-7-8-15-13(9-11)17-12-5-4-6-12/h7-9,12,16H,4-6,10H2,1-3H3. The van der Waals surface area contributed by atoms with Crippen LogP contribution in [0.15, 0.2) is 18.3 Å². The molecule has 0 spiro atoms. The molecule has 17 heavy (non-hydrogen) atoms. The number of aromatic nitrogens is 1. The van der Waals surface area contributed by atoms with Gasteiger partial charge >= 0.3 is 0 Å². The number of hydrogen-bond donors (Lipinski definition) is 1. The van der Waals surface area contributed by atoms with Crippen molar-refractivity contribution in [1.29, 1.82) is 0 Å². The van der Waals surface area contributed by atoms with Gasteiger partial charge in [0.15, 0.2) is 0 Å². The Balaban J connectivity index is 1.91. The topological polar surface area (TPSA) is 34.2 Å². The predicted octanol–water partition coefficient (Wildman–Crippen LogP) is 2.90. The molecule has 3 heteroatoms. The van der Waals surface area contributed by atoms with Crippen molar-refractivity contribution in [1.82, 2.24) is 10.3 Å². The molecule has 0 aromatic carbocycles. The molecule has 2 rings (SSSR count). The van der Waals surface area contributed by atoms with Crippen molar-refractivity contribution >= 4 is 0 Å². The van der Waals surface area contributed by atoms with Crippen molar-refractivity contribution in [3.63, 3.8) is 0 Å².